The normalized spacial score (nSPS) is 16.7. The smallest absolute Gasteiger partial charge is 0.321 e. The molecule has 0 atom stereocenters. The van der Waals surface area contributed by atoms with Crippen molar-refractivity contribution in [3.05, 3.63) is 48.2 Å². The zero-order valence-electron chi connectivity index (χ0n) is 17.1. The maximum absolute atomic E-state index is 12.2. The summed E-state index contributed by atoms with van der Waals surface area (Å²) < 4.78 is 0. The standard InChI is InChI=1S/C22H28N6O2/c29-21(26-18-6-8-19(9-7-18)28-14-11-23-22(28)30)25-16-17-5-10-20(24-15-17)27-12-3-1-2-4-13-27/h5-10,15H,1-4,11-14,16H2,(H,23,30)(H2,25,26,29). The molecule has 2 aromatic rings. The Labute approximate surface area is 176 Å². The lowest BCUT2D eigenvalue weighted by molar-refractivity contribution is 0.251. The van der Waals surface area contributed by atoms with Crippen LogP contribution in [0.25, 0.3) is 0 Å². The van der Waals surface area contributed by atoms with Gasteiger partial charge < -0.3 is 20.9 Å². The molecule has 8 nitrogen and oxygen atoms in total. The number of urea groups is 2. The summed E-state index contributed by atoms with van der Waals surface area (Å²) in [5.74, 6) is 1.01. The van der Waals surface area contributed by atoms with Gasteiger partial charge in [0, 0.05) is 50.3 Å². The minimum atomic E-state index is -0.279. The molecule has 8 heteroatoms. The molecule has 4 rings (SSSR count). The molecule has 1 aromatic carbocycles. The summed E-state index contributed by atoms with van der Waals surface area (Å²) in [5, 5.41) is 8.44. The Balaban J connectivity index is 1.25. The average molecular weight is 409 g/mol. The number of rotatable bonds is 5. The van der Waals surface area contributed by atoms with Crippen LogP contribution in [0.3, 0.4) is 0 Å². The van der Waals surface area contributed by atoms with E-state index in [9.17, 15) is 9.59 Å². The third-order valence-electron chi connectivity index (χ3n) is 5.49. The summed E-state index contributed by atoms with van der Waals surface area (Å²) in [6.45, 7) is 3.83. The molecule has 158 valence electrons. The molecule has 2 aliphatic rings. The fourth-order valence-corrected chi connectivity index (χ4v) is 3.81. The summed E-state index contributed by atoms with van der Waals surface area (Å²) in [6.07, 6.45) is 6.86. The Morgan fingerprint density at radius 3 is 2.40 bits per heavy atom. The van der Waals surface area contributed by atoms with Crippen LogP contribution in [0.5, 0.6) is 0 Å². The summed E-state index contributed by atoms with van der Waals surface area (Å²) in [7, 11) is 0. The zero-order valence-corrected chi connectivity index (χ0v) is 17.1. The molecule has 0 unspecified atom stereocenters. The van der Waals surface area contributed by atoms with Crippen molar-refractivity contribution >= 4 is 29.3 Å². The van der Waals surface area contributed by atoms with Gasteiger partial charge in [-0.1, -0.05) is 18.9 Å². The molecular formula is C22H28N6O2. The van der Waals surface area contributed by atoms with Crippen LogP contribution in [-0.4, -0.2) is 43.2 Å². The van der Waals surface area contributed by atoms with Gasteiger partial charge in [0.05, 0.1) is 0 Å². The Hall–Kier alpha value is -3.29. The Morgan fingerprint density at radius 1 is 1.00 bits per heavy atom. The molecule has 2 fully saturated rings. The predicted molar refractivity (Wildman–Crippen MR) is 118 cm³/mol. The van der Waals surface area contributed by atoms with E-state index in [1.165, 1.54) is 25.7 Å². The molecule has 2 aliphatic heterocycles. The van der Waals surface area contributed by atoms with Gasteiger partial charge in [0.2, 0.25) is 0 Å². The monoisotopic (exact) mass is 408 g/mol. The largest absolute Gasteiger partial charge is 0.357 e. The van der Waals surface area contributed by atoms with Gasteiger partial charge in [-0.15, -0.1) is 0 Å². The SMILES string of the molecule is O=C(NCc1ccc(N2CCCCCC2)nc1)Nc1ccc(N2CCNC2=O)cc1. The maximum Gasteiger partial charge on any atom is 0.321 e. The fraction of sp³-hybridized carbons (Fsp3) is 0.409. The van der Waals surface area contributed by atoms with Crippen molar-refractivity contribution in [2.45, 2.75) is 32.2 Å². The van der Waals surface area contributed by atoms with E-state index < -0.39 is 0 Å². The molecular weight excluding hydrogens is 380 g/mol. The third kappa shape index (κ3) is 5.00. The number of hydrogen-bond acceptors (Lipinski definition) is 4. The number of pyridine rings is 1. The van der Waals surface area contributed by atoms with E-state index in [4.69, 9.17) is 0 Å². The highest BCUT2D eigenvalue weighted by Gasteiger charge is 2.20. The molecule has 0 radical (unpaired) electrons. The second-order valence-electron chi connectivity index (χ2n) is 7.66. The van der Waals surface area contributed by atoms with Crippen LogP contribution in [0.15, 0.2) is 42.6 Å². The minimum absolute atomic E-state index is 0.0936. The molecule has 1 aromatic heterocycles. The van der Waals surface area contributed by atoms with Gasteiger partial charge in [0.1, 0.15) is 5.82 Å². The van der Waals surface area contributed by atoms with Gasteiger partial charge in [0.25, 0.3) is 0 Å². The number of carbonyl (C=O) groups is 2. The summed E-state index contributed by atoms with van der Waals surface area (Å²) in [5.41, 5.74) is 2.44. The van der Waals surface area contributed by atoms with Crippen molar-refractivity contribution in [3.8, 4) is 0 Å². The molecule has 2 saturated heterocycles. The number of amides is 4. The van der Waals surface area contributed by atoms with E-state index in [1.54, 1.807) is 17.0 Å². The van der Waals surface area contributed by atoms with E-state index in [0.29, 0.717) is 25.3 Å². The van der Waals surface area contributed by atoms with E-state index in [-0.39, 0.29) is 12.1 Å². The van der Waals surface area contributed by atoms with Crippen LogP contribution in [-0.2, 0) is 6.54 Å². The van der Waals surface area contributed by atoms with Crippen LogP contribution in [0, 0.1) is 0 Å². The lowest BCUT2D eigenvalue weighted by atomic mass is 10.2. The number of carbonyl (C=O) groups excluding carboxylic acids is 2. The molecule has 4 amide bonds. The second kappa shape index (κ2) is 9.47. The third-order valence-corrected chi connectivity index (χ3v) is 5.49. The van der Waals surface area contributed by atoms with E-state index in [0.717, 1.165) is 30.2 Å². The quantitative estimate of drug-likeness (QED) is 0.708. The highest BCUT2D eigenvalue weighted by atomic mass is 16.2. The number of nitrogens with zero attached hydrogens (tertiary/aromatic N) is 3. The van der Waals surface area contributed by atoms with Gasteiger partial charge >= 0.3 is 12.1 Å². The Bertz CT molecular complexity index is 860. The van der Waals surface area contributed by atoms with Gasteiger partial charge in [-0.05, 0) is 48.7 Å². The number of hydrogen-bond donors (Lipinski definition) is 3. The molecule has 3 N–H and O–H groups in total. The van der Waals surface area contributed by atoms with Gasteiger partial charge in [-0.2, -0.15) is 0 Å². The molecule has 30 heavy (non-hydrogen) atoms. The summed E-state index contributed by atoms with van der Waals surface area (Å²) in [6, 6.07) is 10.9. The highest BCUT2D eigenvalue weighted by Crippen LogP contribution is 2.20. The minimum Gasteiger partial charge on any atom is -0.357 e. The molecule has 0 bridgehead atoms. The lowest BCUT2D eigenvalue weighted by Gasteiger charge is -2.21. The average Bonchev–Trinajstić information content (AvgIpc) is 3.02. The van der Waals surface area contributed by atoms with Crippen molar-refractivity contribution < 1.29 is 9.59 Å². The van der Waals surface area contributed by atoms with Crippen LogP contribution >= 0.6 is 0 Å². The first-order valence-corrected chi connectivity index (χ1v) is 10.6. The van der Waals surface area contributed by atoms with Gasteiger partial charge in [-0.3, -0.25) is 4.90 Å². The maximum atomic E-state index is 12.2. The molecule has 3 heterocycles. The van der Waals surface area contributed by atoms with E-state index in [1.807, 2.05) is 30.5 Å². The number of benzene rings is 1. The Morgan fingerprint density at radius 2 is 1.77 bits per heavy atom. The summed E-state index contributed by atoms with van der Waals surface area (Å²) in [4.78, 5) is 32.5. The first-order chi connectivity index (χ1) is 14.7. The van der Waals surface area contributed by atoms with Crippen molar-refractivity contribution in [3.63, 3.8) is 0 Å². The van der Waals surface area contributed by atoms with E-state index >= 15 is 0 Å². The summed E-state index contributed by atoms with van der Waals surface area (Å²) >= 11 is 0. The topological polar surface area (TPSA) is 89.6 Å². The van der Waals surface area contributed by atoms with E-state index in [2.05, 4.69) is 25.8 Å². The van der Waals surface area contributed by atoms with Crippen LogP contribution in [0.2, 0.25) is 0 Å². The van der Waals surface area contributed by atoms with Crippen molar-refractivity contribution in [2.75, 3.05) is 41.3 Å². The van der Waals surface area contributed by atoms with Crippen molar-refractivity contribution in [1.82, 2.24) is 15.6 Å². The first-order valence-electron chi connectivity index (χ1n) is 10.6. The highest BCUT2D eigenvalue weighted by molar-refractivity contribution is 5.94. The molecule has 0 saturated carbocycles. The number of aromatic nitrogens is 1. The Kier molecular flexibility index (Phi) is 6.32. The molecule has 0 spiro atoms. The first kappa shape index (κ1) is 20.0. The van der Waals surface area contributed by atoms with Gasteiger partial charge in [0.15, 0.2) is 0 Å². The predicted octanol–water partition coefficient (Wildman–Crippen LogP) is 3.31. The zero-order chi connectivity index (χ0) is 20.8. The van der Waals surface area contributed by atoms with Crippen LogP contribution in [0.1, 0.15) is 31.2 Å². The second-order valence-corrected chi connectivity index (χ2v) is 7.66. The van der Waals surface area contributed by atoms with Crippen LogP contribution in [0.4, 0.5) is 26.8 Å². The van der Waals surface area contributed by atoms with Gasteiger partial charge in [-0.25, -0.2) is 14.6 Å². The fourth-order valence-electron chi connectivity index (χ4n) is 3.81. The lowest BCUT2D eigenvalue weighted by Crippen LogP contribution is -2.29. The number of nitrogens with one attached hydrogen (secondary N) is 3. The van der Waals surface area contributed by atoms with Crippen LogP contribution < -0.4 is 25.8 Å². The number of anilines is 3. The van der Waals surface area contributed by atoms with Crippen molar-refractivity contribution in [2.24, 2.45) is 0 Å². The van der Waals surface area contributed by atoms with Crippen molar-refractivity contribution in [1.29, 1.82) is 0 Å². The molecule has 0 aliphatic carbocycles.